The van der Waals surface area contributed by atoms with Gasteiger partial charge in [0.2, 0.25) is 0 Å². The summed E-state index contributed by atoms with van der Waals surface area (Å²) in [5.41, 5.74) is 6.50. The molecule has 4 N–H and O–H groups in total. The van der Waals surface area contributed by atoms with Crippen LogP contribution in [-0.2, 0) is 11.3 Å². The van der Waals surface area contributed by atoms with Crippen molar-refractivity contribution < 1.29 is 13.9 Å². The summed E-state index contributed by atoms with van der Waals surface area (Å²) < 4.78 is 20.0. The zero-order chi connectivity index (χ0) is 20.8. The third-order valence-electron chi connectivity index (χ3n) is 4.44. The molecule has 1 aliphatic heterocycles. The van der Waals surface area contributed by atoms with E-state index in [0.717, 1.165) is 5.69 Å². The van der Waals surface area contributed by atoms with Crippen LogP contribution in [0.4, 0.5) is 20.6 Å². The predicted octanol–water partition coefficient (Wildman–Crippen LogP) is 0.934. The number of guanidine groups is 1. The molecule has 3 rings (SSSR count). The lowest BCUT2D eigenvalue weighted by molar-refractivity contribution is 0.143. The molecule has 2 heterocycles. The van der Waals surface area contributed by atoms with E-state index in [0.29, 0.717) is 26.2 Å². The highest BCUT2D eigenvalue weighted by molar-refractivity contribution is 5.90. The van der Waals surface area contributed by atoms with Crippen molar-refractivity contribution in [2.75, 3.05) is 36.0 Å². The van der Waals surface area contributed by atoms with E-state index in [9.17, 15) is 10.1 Å². The largest absolute Gasteiger partial charge is 0.444 e. The van der Waals surface area contributed by atoms with Gasteiger partial charge in [0.25, 0.3) is 0 Å². The van der Waals surface area contributed by atoms with E-state index in [1.54, 1.807) is 17.3 Å². The number of carbonyl (C=O) groups is 1. The number of halogens is 1. The maximum absolute atomic E-state index is 15.1. The fourth-order valence-electron chi connectivity index (χ4n) is 3.07. The first kappa shape index (κ1) is 19.8. The van der Waals surface area contributed by atoms with Gasteiger partial charge in [-0.1, -0.05) is 6.07 Å². The van der Waals surface area contributed by atoms with Gasteiger partial charge in [-0.25, -0.2) is 9.18 Å². The summed E-state index contributed by atoms with van der Waals surface area (Å²) >= 11 is 0. The summed E-state index contributed by atoms with van der Waals surface area (Å²) in [5, 5.41) is 26.0. The molecule has 0 radical (unpaired) electrons. The van der Waals surface area contributed by atoms with Crippen LogP contribution in [0.25, 0.3) is 0 Å². The molecule has 150 valence electrons. The Balaban J connectivity index is 1.74. The van der Waals surface area contributed by atoms with Crippen LogP contribution in [0.2, 0.25) is 0 Å². The van der Waals surface area contributed by atoms with E-state index in [4.69, 9.17) is 15.9 Å². The molecule has 11 heteroatoms. The molecule has 29 heavy (non-hydrogen) atoms. The Morgan fingerprint density at radius 1 is 1.28 bits per heavy atom. The average molecular weight is 398 g/mol. The Bertz CT molecular complexity index is 939. The van der Waals surface area contributed by atoms with E-state index in [-0.39, 0.29) is 23.4 Å². The Morgan fingerprint density at radius 2 is 2.00 bits per heavy atom. The number of alkyl carbamates (subject to hydrolysis) is 1. The number of anilines is 2. The van der Waals surface area contributed by atoms with Crippen LogP contribution in [0.15, 0.2) is 30.6 Å². The smallest absolute Gasteiger partial charge is 0.414 e. The Morgan fingerprint density at radius 3 is 2.62 bits per heavy atom. The van der Waals surface area contributed by atoms with Gasteiger partial charge in [0.05, 0.1) is 29.3 Å². The number of hydrogen-bond acceptors (Lipinski definition) is 8. The van der Waals surface area contributed by atoms with Crippen LogP contribution in [0.1, 0.15) is 11.1 Å². The van der Waals surface area contributed by atoms with Crippen LogP contribution in [0.5, 0.6) is 0 Å². The summed E-state index contributed by atoms with van der Waals surface area (Å²) in [6, 6.07) is 6.77. The van der Waals surface area contributed by atoms with Crippen molar-refractivity contribution in [2.24, 2.45) is 5.73 Å². The number of piperazine rings is 1. The molecular formula is C18H19FN8O2. The summed E-state index contributed by atoms with van der Waals surface area (Å²) in [6.07, 6.45) is 2.32. The summed E-state index contributed by atoms with van der Waals surface area (Å²) in [7, 11) is 0. The quantitative estimate of drug-likeness (QED) is 0.510. The maximum atomic E-state index is 15.1. The van der Waals surface area contributed by atoms with E-state index < -0.39 is 17.9 Å². The van der Waals surface area contributed by atoms with Crippen molar-refractivity contribution in [3.8, 4) is 6.07 Å². The molecule has 0 saturated carbocycles. The lowest BCUT2D eigenvalue weighted by Crippen LogP contribution is -2.47. The maximum Gasteiger partial charge on any atom is 0.414 e. The van der Waals surface area contributed by atoms with Crippen LogP contribution >= 0.6 is 0 Å². The number of amides is 1. The fourth-order valence-corrected chi connectivity index (χ4v) is 3.07. The Kier molecular flexibility index (Phi) is 6.03. The number of nitrogens with zero attached hydrogens (tertiary/aromatic N) is 5. The van der Waals surface area contributed by atoms with E-state index in [1.807, 2.05) is 17.5 Å². The first-order valence-electron chi connectivity index (χ1n) is 8.75. The molecule has 1 saturated heterocycles. The molecule has 0 bridgehead atoms. The second-order valence-corrected chi connectivity index (χ2v) is 6.24. The summed E-state index contributed by atoms with van der Waals surface area (Å²) in [6.45, 7) is 1.90. The van der Waals surface area contributed by atoms with Gasteiger partial charge in [-0.05, 0) is 12.1 Å². The average Bonchev–Trinajstić information content (AvgIpc) is 2.73. The van der Waals surface area contributed by atoms with Gasteiger partial charge in [-0.15, -0.1) is 0 Å². The molecule has 0 atom stereocenters. The number of benzene rings is 1. The van der Waals surface area contributed by atoms with Crippen molar-refractivity contribution in [2.45, 2.75) is 6.61 Å². The van der Waals surface area contributed by atoms with Crippen molar-refractivity contribution in [1.29, 1.82) is 10.7 Å². The number of nitriles is 1. The molecule has 0 unspecified atom stereocenters. The van der Waals surface area contributed by atoms with Crippen LogP contribution in [0, 0.1) is 22.6 Å². The highest BCUT2D eigenvalue weighted by Crippen LogP contribution is 2.29. The minimum atomic E-state index is -0.956. The molecule has 1 amide bonds. The predicted molar refractivity (Wildman–Crippen MR) is 103 cm³/mol. The minimum absolute atomic E-state index is 0.124. The number of hydrogen-bond donors (Lipinski definition) is 3. The molecule has 1 aromatic heterocycles. The number of carbonyl (C=O) groups excluding carboxylic acids is 1. The highest BCUT2D eigenvalue weighted by Gasteiger charge is 2.24. The van der Waals surface area contributed by atoms with E-state index in [1.165, 1.54) is 12.1 Å². The zero-order valence-corrected chi connectivity index (χ0v) is 15.4. The molecule has 10 nitrogen and oxygen atoms in total. The number of nitrogens with one attached hydrogen (secondary N) is 2. The number of ether oxygens (including phenoxy) is 1. The van der Waals surface area contributed by atoms with Crippen LogP contribution in [0.3, 0.4) is 0 Å². The van der Waals surface area contributed by atoms with Gasteiger partial charge in [-0.3, -0.25) is 10.7 Å². The molecule has 1 aliphatic rings. The number of rotatable bonds is 4. The van der Waals surface area contributed by atoms with Crippen molar-refractivity contribution in [3.63, 3.8) is 0 Å². The summed E-state index contributed by atoms with van der Waals surface area (Å²) in [4.78, 5) is 15.4. The second-order valence-electron chi connectivity index (χ2n) is 6.24. The minimum Gasteiger partial charge on any atom is -0.444 e. The molecular weight excluding hydrogens is 379 g/mol. The number of aromatic nitrogens is 2. The Hall–Kier alpha value is -3.94. The van der Waals surface area contributed by atoms with Gasteiger partial charge in [0, 0.05) is 31.7 Å². The standard InChI is InChI=1S/C18H19FN8O2/c19-15-13(11-29-18(28)25-17(21)22)2-1-12(9-20)16(15)27-7-5-26(6-8-27)14-3-4-23-24-10-14/h1-4,10H,5-8,11H2,(H4,21,22,25,28). The number of nitrogens with two attached hydrogens (primary N) is 1. The zero-order valence-electron chi connectivity index (χ0n) is 15.4. The molecule has 1 aromatic carbocycles. The van der Waals surface area contributed by atoms with Gasteiger partial charge >= 0.3 is 6.09 Å². The Labute approximate surface area is 166 Å². The monoisotopic (exact) mass is 398 g/mol. The SMILES string of the molecule is N#Cc1ccc(COC(=O)NC(=N)N)c(F)c1N1CCN(c2ccnnc2)CC1. The first-order valence-corrected chi connectivity index (χ1v) is 8.75. The van der Waals surface area contributed by atoms with Crippen molar-refractivity contribution in [1.82, 2.24) is 15.5 Å². The van der Waals surface area contributed by atoms with Crippen LogP contribution in [-0.4, -0.2) is 48.4 Å². The van der Waals surface area contributed by atoms with Gasteiger partial charge in [-0.2, -0.15) is 15.5 Å². The second kappa shape index (κ2) is 8.83. The first-order chi connectivity index (χ1) is 14.0. The lowest BCUT2D eigenvalue weighted by atomic mass is 10.1. The van der Waals surface area contributed by atoms with E-state index in [2.05, 4.69) is 15.1 Å². The van der Waals surface area contributed by atoms with Crippen LogP contribution < -0.4 is 20.9 Å². The third kappa shape index (κ3) is 4.67. The highest BCUT2D eigenvalue weighted by atomic mass is 19.1. The molecule has 1 fully saturated rings. The molecule has 0 spiro atoms. The van der Waals surface area contributed by atoms with Gasteiger partial charge < -0.3 is 20.3 Å². The lowest BCUT2D eigenvalue weighted by Gasteiger charge is -2.37. The third-order valence-corrected chi connectivity index (χ3v) is 4.44. The van der Waals surface area contributed by atoms with Gasteiger partial charge in [0.15, 0.2) is 11.8 Å². The normalized spacial score (nSPS) is 13.5. The molecule has 2 aromatic rings. The molecule has 0 aliphatic carbocycles. The van der Waals surface area contributed by atoms with E-state index >= 15 is 4.39 Å². The topological polar surface area (TPSA) is 144 Å². The summed E-state index contributed by atoms with van der Waals surface area (Å²) in [5.74, 6) is -1.18. The van der Waals surface area contributed by atoms with Crippen molar-refractivity contribution >= 4 is 23.4 Å². The fraction of sp³-hybridized carbons (Fsp3) is 0.278. The van der Waals surface area contributed by atoms with Crippen molar-refractivity contribution in [3.05, 3.63) is 47.5 Å². The van der Waals surface area contributed by atoms with Gasteiger partial charge in [0.1, 0.15) is 12.7 Å².